The van der Waals surface area contributed by atoms with Gasteiger partial charge in [0.1, 0.15) is 11.9 Å². The van der Waals surface area contributed by atoms with Gasteiger partial charge in [-0.2, -0.15) is 0 Å². The maximum Gasteiger partial charge on any atom is 0.326 e. The van der Waals surface area contributed by atoms with Crippen molar-refractivity contribution in [3.05, 3.63) is 77.7 Å². The van der Waals surface area contributed by atoms with Crippen molar-refractivity contribution in [2.75, 3.05) is 5.75 Å². The number of carboxylic acids is 1. The number of carboxylic acid groups (broad SMARTS) is 1. The molecule has 0 bridgehead atoms. The number of benzene rings is 2. The van der Waals surface area contributed by atoms with Crippen LogP contribution in [0, 0.1) is 0 Å². The lowest BCUT2D eigenvalue weighted by Crippen LogP contribution is -2.43. The Morgan fingerprint density at radius 2 is 1.88 bits per heavy atom. The van der Waals surface area contributed by atoms with Crippen LogP contribution in [-0.2, 0) is 29.0 Å². The van der Waals surface area contributed by atoms with Gasteiger partial charge in [0.15, 0.2) is 5.16 Å². The van der Waals surface area contributed by atoms with Crippen LogP contribution in [0.4, 0.5) is 0 Å². The number of nitrogens with zero attached hydrogens (tertiary/aromatic N) is 3. The van der Waals surface area contributed by atoms with Gasteiger partial charge in [-0.3, -0.25) is 4.79 Å². The number of rotatable bonds is 10. The van der Waals surface area contributed by atoms with E-state index in [1.165, 1.54) is 11.8 Å². The van der Waals surface area contributed by atoms with Crippen LogP contribution in [0.3, 0.4) is 0 Å². The summed E-state index contributed by atoms with van der Waals surface area (Å²) in [5.74, 6) is -0.543. The third kappa shape index (κ3) is 5.43. The lowest BCUT2D eigenvalue weighted by molar-refractivity contribution is -0.141. The highest BCUT2D eigenvalue weighted by atomic mass is 32.2. The van der Waals surface area contributed by atoms with E-state index in [1.54, 1.807) is 6.20 Å². The number of carbonyl (C=O) groups is 2. The van der Waals surface area contributed by atoms with Gasteiger partial charge in [0.05, 0.1) is 5.75 Å². The van der Waals surface area contributed by atoms with Crippen LogP contribution in [0.5, 0.6) is 0 Å². The maximum absolute atomic E-state index is 12.6. The van der Waals surface area contributed by atoms with Gasteiger partial charge in [-0.1, -0.05) is 60.3 Å². The highest BCUT2D eigenvalue weighted by molar-refractivity contribution is 7.99. The number of aromatic amines is 1. The van der Waals surface area contributed by atoms with E-state index in [0.29, 0.717) is 18.1 Å². The molecule has 2 heterocycles. The normalized spacial score (nSPS) is 12.0. The van der Waals surface area contributed by atoms with Crippen LogP contribution in [-0.4, -0.2) is 48.5 Å². The van der Waals surface area contributed by atoms with Crippen molar-refractivity contribution in [3.8, 4) is 0 Å². The van der Waals surface area contributed by atoms with Crippen molar-refractivity contribution in [2.24, 2.45) is 0 Å². The molecule has 1 atom stereocenters. The first-order valence-electron chi connectivity index (χ1n) is 10.7. The summed E-state index contributed by atoms with van der Waals surface area (Å²) in [5, 5.41) is 22.4. The molecule has 0 aliphatic heterocycles. The monoisotopic (exact) mass is 463 g/mol. The number of thioether (sulfide) groups is 1. The van der Waals surface area contributed by atoms with Crippen LogP contribution in [0.2, 0.25) is 0 Å². The van der Waals surface area contributed by atoms with E-state index < -0.39 is 12.0 Å². The van der Waals surface area contributed by atoms with E-state index in [9.17, 15) is 14.7 Å². The van der Waals surface area contributed by atoms with E-state index in [4.69, 9.17) is 0 Å². The van der Waals surface area contributed by atoms with Crippen molar-refractivity contribution in [3.63, 3.8) is 0 Å². The average molecular weight is 464 g/mol. The van der Waals surface area contributed by atoms with Crippen LogP contribution in [0.1, 0.15) is 23.9 Å². The van der Waals surface area contributed by atoms with Crippen molar-refractivity contribution >= 4 is 34.5 Å². The molecule has 1 amide bonds. The molecule has 0 saturated carbocycles. The molecule has 0 saturated heterocycles. The predicted molar refractivity (Wildman–Crippen MR) is 127 cm³/mol. The number of aromatic nitrogens is 4. The van der Waals surface area contributed by atoms with Gasteiger partial charge < -0.3 is 20.0 Å². The zero-order chi connectivity index (χ0) is 23.2. The van der Waals surface area contributed by atoms with Crippen LogP contribution in [0.25, 0.3) is 10.9 Å². The van der Waals surface area contributed by atoms with Crippen molar-refractivity contribution in [1.82, 2.24) is 25.1 Å². The molecule has 170 valence electrons. The van der Waals surface area contributed by atoms with Gasteiger partial charge in [-0.15, -0.1) is 10.2 Å². The second kappa shape index (κ2) is 10.4. The van der Waals surface area contributed by atoms with E-state index in [2.05, 4.69) is 20.5 Å². The number of H-pyrrole nitrogens is 1. The minimum Gasteiger partial charge on any atom is -0.480 e. The molecule has 4 aromatic rings. The molecule has 3 N–H and O–H groups in total. The standard InChI is InChI=1S/C24H25N5O3S/c1-2-29-21(12-16-8-4-3-5-9-16)27-28-24(29)33-15-22(30)26-20(23(31)32)13-17-14-25-19-11-7-6-10-18(17)19/h3-11,14,20,25H,2,12-13,15H2,1H3,(H,26,30)(H,31,32). The molecule has 9 heteroatoms. The van der Waals surface area contributed by atoms with Crippen LogP contribution >= 0.6 is 11.8 Å². The molecule has 2 aromatic carbocycles. The fourth-order valence-corrected chi connectivity index (χ4v) is 4.57. The van der Waals surface area contributed by atoms with Gasteiger partial charge in [0.2, 0.25) is 5.91 Å². The number of carbonyl (C=O) groups excluding carboxylic acids is 1. The molecule has 1 unspecified atom stereocenters. The Labute approximate surface area is 195 Å². The Hall–Kier alpha value is -3.59. The number of fused-ring (bicyclic) bond motifs is 1. The fraction of sp³-hybridized carbons (Fsp3) is 0.250. The van der Waals surface area contributed by atoms with E-state index in [0.717, 1.165) is 27.9 Å². The summed E-state index contributed by atoms with van der Waals surface area (Å²) < 4.78 is 1.98. The number of hydrogen-bond donors (Lipinski definition) is 3. The van der Waals surface area contributed by atoms with Crippen LogP contribution < -0.4 is 5.32 Å². The minimum atomic E-state index is -1.07. The van der Waals surface area contributed by atoms with E-state index in [1.807, 2.05) is 66.1 Å². The number of amides is 1. The predicted octanol–water partition coefficient (Wildman–Crippen LogP) is 3.27. The van der Waals surface area contributed by atoms with Gasteiger partial charge in [-0.05, 0) is 24.1 Å². The van der Waals surface area contributed by atoms with Crippen molar-refractivity contribution < 1.29 is 14.7 Å². The highest BCUT2D eigenvalue weighted by Crippen LogP contribution is 2.21. The maximum atomic E-state index is 12.6. The van der Waals surface area contributed by atoms with Gasteiger partial charge in [0.25, 0.3) is 0 Å². The number of aliphatic carboxylic acids is 1. The third-order valence-corrected chi connectivity index (χ3v) is 6.35. The summed E-state index contributed by atoms with van der Waals surface area (Å²) in [5.41, 5.74) is 2.92. The minimum absolute atomic E-state index is 0.0567. The Bertz CT molecular complexity index is 1250. The van der Waals surface area contributed by atoms with Crippen molar-refractivity contribution in [1.29, 1.82) is 0 Å². The van der Waals surface area contributed by atoms with Gasteiger partial charge >= 0.3 is 5.97 Å². The van der Waals surface area contributed by atoms with E-state index >= 15 is 0 Å². The SMILES string of the molecule is CCn1c(Cc2ccccc2)nnc1SCC(=O)NC(Cc1c[nH]c2ccccc12)C(=O)O. The number of hydrogen-bond acceptors (Lipinski definition) is 5. The Kier molecular flexibility index (Phi) is 7.09. The van der Waals surface area contributed by atoms with Gasteiger partial charge in [-0.25, -0.2) is 4.79 Å². The van der Waals surface area contributed by atoms with Crippen molar-refractivity contribution in [2.45, 2.75) is 37.5 Å². The summed E-state index contributed by atoms with van der Waals surface area (Å²) >= 11 is 1.25. The first-order valence-corrected chi connectivity index (χ1v) is 11.7. The largest absolute Gasteiger partial charge is 0.480 e. The molecule has 0 fully saturated rings. The second-order valence-corrected chi connectivity index (χ2v) is 8.56. The fourth-order valence-electron chi connectivity index (χ4n) is 3.74. The molecular formula is C24H25N5O3S. The molecule has 8 nitrogen and oxygen atoms in total. The summed E-state index contributed by atoms with van der Waals surface area (Å²) in [6.07, 6.45) is 2.64. The zero-order valence-electron chi connectivity index (χ0n) is 18.2. The summed E-state index contributed by atoms with van der Waals surface area (Å²) in [6.45, 7) is 2.68. The lowest BCUT2D eigenvalue weighted by Gasteiger charge is -2.14. The quantitative estimate of drug-likeness (QED) is 0.311. The Morgan fingerprint density at radius 1 is 1.12 bits per heavy atom. The lowest BCUT2D eigenvalue weighted by atomic mass is 10.1. The molecule has 2 aromatic heterocycles. The number of nitrogens with one attached hydrogen (secondary N) is 2. The molecule has 33 heavy (non-hydrogen) atoms. The molecule has 0 radical (unpaired) electrons. The molecular weight excluding hydrogens is 438 g/mol. The molecule has 4 rings (SSSR count). The average Bonchev–Trinajstić information content (AvgIpc) is 3.41. The Morgan fingerprint density at radius 3 is 2.64 bits per heavy atom. The molecule has 0 aliphatic rings. The van der Waals surface area contributed by atoms with Crippen LogP contribution in [0.15, 0.2) is 66.0 Å². The summed E-state index contributed by atoms with van der Waals surface area (Å²) in [6, 6.07) is 16.7. The topological polar surface area (TPSA) is 113 Å². The zero-order valence-corrected chi connectivity index (χ0v) is 19.0. The summed E-state index contributed by atoms with van der Waals surface area (Å²) in [4.78, 5) is 27.5. The summed E-state index contributed by atoms with van der Waals surface area (Å²) in [7, 11) is 0. The van der Waals surface area contributed by atoms with Gasteiger partial charge in [0, 0.05) is 36.5 Å². The smallest absolute Gasteiger partial charge is 0.326 e. The first kappa shape index (κ1) is 22.6. The molecule has 0 aliphatic carbocycles. The van der Waals surface area contributed by atoms with E-state index in [-0.39, 0.29) is 18.1 Å². The molecule has 0 spiro atoms. The highest BCUT2D eigenvalue weighted by Gasteiger charge is 2.22. The Balaban J connectivity index is 1.38. The first-order chi connectivity index (χ1) is 16.0. The second-order valence-electron chi connectivity index (χ2n) is 7.62. The third-order valence-electron chi connectivity index (χ3n) is 5.38. The number of para-hydroxylation sites is 1.